The van der Waals surface area contributed by atoms with E-state index < -0.39 is 5.82 Å². The van der Waals surface area contributed by atoms with E-state index in [9.17, 15) is 18.4 Å². The van der Waals surface area contributed by atoms with Crippen LogP contribution in [0.1, 0.15) is 38.4 Å². The third-order valence-corrected chi connectivity index (χ3v) is 9.19. The third kappa shape index (κ3) is 6.03. The van der Waals surface area contributed by atoms with Crippen LogP contribution in [0, 0.1) is 11.6 Å². The molecular formula is C29H22F2N6O2S3. The van der Waals surface area contributed by atoms with Crippen molar-refractivity contribution in [3.63, 3.8) is 0 Å². The molecule has 13 heteroatoms. The van der Waals surface area contributed by atoms with Crippen molar-refractivity contribution in [3.8, 4) is 5.69 Å². The number of rotatable bonds is 9. The van der Waals surface area contributed by atoms with Gasteiger partial charge in [0, 0.05) is 12.1 Å². The molecule has 0 saturated carbocycles. The van der Waals surface area contributed by atoms with Gasteiger partial charge >= 0.3 is 0 Å². The van der Waals surface area contributed by atoms with Crippen LogP contribution in [0.4, 0.5) is 8.78 Å². The molecule has 0 fully saturated rings. The Morgan fingerprint density at radius 1 is 0.929 bits per heavy atom. The first-order valence-corrected chi connectivity index (χ1v) is 15.5. The van der Waals surface area contributed by atoms with Gasteiger partial charge in [0.1, 0.15) is 11.6 Å². The van der Waals surface area contributed by atoms with Crippen LogP contribution >= 0.6 is 34.4 Å². The van der Waals surface area contributed by atoms with Crippen LogP contribution in [0.2, 0.25) is 0 Å². The highest BCUT2D eigenvalue weighted by Crippen LogP contribution is 2.35. The van der Waals surface area contributed by atoms with E-state index in [1.807, 2.05) is 22.9 Å². The molecule has 0 bridgehead atoms. The van der Waals surface area contributed by atoms with E-state index in [0.29, 0.717) is 28.0 Å². The molecule has 2 aromatic carbocycles. The van der Waals surface area contributed by atoms with Gasteiger partial charge in [-0.1, -0.05) is 36.0 Å². The number of nitrogens with zero attached hydrogens (tertiary/aromatic N) is 5. The zero-order chi connectivity index (χ0) is 29.1. The Hall–Kier alpha value is -4.20. The monoisotopic (exact) mass is 620 g/mol. The van der Waals surface area contributed by atoms with E-state index in [1.165, 1.54) is 40.6 Å². The van der Waals surface area contributed by atoms with Gasteiger partial charge in [-0.3, -0.25) is 14.2 Å². The predicted molar refractivity (Wildman–Crippen MR) is 159 cm³/mol. The topological polar surface area (TPSA) is 92.5 Å². The summed E-state index contributed by atoms with van der Waals surface area (Å²) >= 11 is 4.02. The van der Waals surface area contributed by atoms with E-state index in [-0.39, 0.29) is 36.0 Å². The normalized spacial score (nSPS) is 14.7. The molecule has 1 N–H and O–H groups in total. The molecule has 0 saturated heterocycles. The Morgan fingerprint density at radius 3 is 2.33 bits per heavy atom. The number of thioether (sulfide) groups is 1. The van der Waals surface area contributed by atoms with Gasteiger partial charge < -0.3 is 5.32 Å². The summed E-state index contributed by atoms with van der Waals surface area (Å²) in [5.41, 5.74) is 2.15. The summed E-state index contributed by atoms with van der Waals surface area (Å²) in [6.07, 6.45) is 0.502. The molecule has 1 aliphatic heterocycles. The molecule has 1 atom stereocenters. The maximum atomic E-state index is 13.7. The second-order valence-electron chi connectivity index (χ2n) is 9.19. The molecule has 6 rings (SSSR count). The minimum atomic E-state index is -0.399. The molecule has 212 valence electrons. The number of nitrogens with one attached hydrogen (secondary N) is 1. The number of hydrogen-bond donors (Lipinski definition) is 1. The summed E-state index contributed by atoms with van der Waals surface area (Å²) in [7, 11) is 0. The van der Waals surface area contributed by atoms with Crippen molar-refractivity contribution in [1.29, 1.82) is 0 Å². The number of benzene rings is 2. The summed E-state index contributed by atoms with van der Waals surface area (Å²) < 4.78 is 29.0. The molecule has 2 amide bonds. The maximum Gasteiger partial charge on any atom is 0.261 e. The molecule has 5 aromatic rings. The lowest BCUT2D eigenvalue weighted by Crippen LogP contribution is -2.28. The lowest BCUT2D eigenvalue weighted by molar-refractivity contribution is -0.130. The SMILES string of the molecule is O=C(NCc1nnc(SCC(=O)N2N=C(c3cccs3)C[C@H]2c2ccc(F)cc2)n1-c1ccc(F)cc1)c1cccs1. The van der Waals surface area contributed by atoms with Gasteiger partial charge in [-0.25, -0.2) is 13.8 Å². The molecule has 42 heavy (non-hydrogen) atoms. The fourth-order valence-corrected chi connectivity index (χ4v) is 6.67. The minimum Gasteiger partial charge on any atom is -0.344 e. The third-order valence-electron chi connectivity index (χ3n) is 6.49. The molecule has 1 aliphatic rings. The summed E-state index contributed by atoms with van der Waals surface area (Å²) in [5.74, 6) is -0.855. The van der Waals surface area contributed by atoms with Gasteiger partial charge in [0.2, 0.25) is 0 Å². The van der Waals surface area contributed by atoms with Gasteiger partial charge in [0.05, 0.1) is 33.8 Å². The van der Waals surface area contributed by atoms with Crippen LogP contribution in [0.3, 0.4) is 0 Å². The van der Waals surface area contributed by atoms with Crippen molar-refractivity contribution in [2.75, 3.05) is 5.75 Å². The second-order valence-corrected chi connectivity index (χ2v) is 12.0. The average Bonchev–Trinajstić information content (AvgIpc) is 3.82. The van der Waals surface area contributed by atoms with Gasteiger partial charge in [-0.2, -0.15) is 5.10 Å². The summed E-state index contributed by atoms with van der Waals surface area (Å²) in [6, 6.07) is 18.9. The Labute approximate surface area is 251 Å². The Bertz CT molecular complexity index is 1720. The molecule has 3 aromatic heterocycles. The van der Waals surface area contributed by atoms with Crippen molar-refractivity contribution >= 4 is 52.0 Å². The second kappa shape index (κ2) is 12.3. The van der Waals surface area contributed by atoms with Gasteiger partial charge in [-0.05, 0) is 64.9 Å². The van der Waals surface area contributed by atoms with E-state index >= 15 is 0 Å². The Morgan fingerprint density at radius 2 is 1.64 bits per heavy atom. The van der Waals surface area contributed by atoms with Crippen molar-refractivity contribution in [2.24, 2.45) is 5.10 Å². The number of amides is 2. The average molecular weight is 621 g/mol. The van der Waals surface area contributed by atoms with Gasteiger partial charge in [0.15, 0.2) is 11.0 Å². The zero-order valence-corrected chi connectivity index (χ0v) is 24.3. The van der Waals surface area contributed by atoms with Crippen molar-refractivity contribution in [2.45, 2.75) is 24.2 Å². The molecule has 8 nitrogen and oxygen atoms in total. The fraction of sp³-hybridized carbons (Fsp3) is 0.138. The van der Waals surface area contributed by atoms with E-state index in [0.717, 1.165) is 27.9 Å². The van der Waals surface area contributed by atoms with E-state index in [1.54, 1.807) is 52.3 Å². The number of carbonyl (C=O) groups is 2. The van der Waals surface area contributed by atoms with Crippen LogP contribution in [-0.4, -0.2) is 43.1 Å². The Kier molecular flexibility index (Phi) is 8.22. The van der Waals surface area contributed by atoms with Crippen molar-refractivity contribution in [3.05, 3.63) is 116 Å². The van der Waals surface area contributed by atoms with Crippen LogP contribution in [-0.2, 0) is 11.3 Å². The lowest BCUT2D eigenvalue weighted by atomic mass is 10.0. The highest BCUT2D eigenvalue weighted by molar-refractivity contribution is 7.99. The first-order chi connectivity index (χ1) is 20.5. The van der Waals surface area contributed by atoms with Crippen LogP contribution in [0.25, 0.3) is 5.69 Å². The fourth-order valence-electron chi connectivity index (χ4n) is 4.48. The minimum absolute atomic E-state index is 0.0141. The first-order valence-electron chi connectivity index (χ1n) is 12.8. The van der Waals surface area contributed by atoms with Crippen LogP contribution in [0.15, 0.2) is 93.8 Å². The Balaban J connectivity index is 1.24. The maximum absolute atomic E-state index is 13.7. The van der Waals surface area contributed by atoms with Gasteiger partial charge in [-0.15, -0.1) is 32.9 Å². The van der Waals surface area contributed by atoms with E-state index in [2.05, 4.69) is 20.6 Å². The van der Waals surface area contributed by atoms with Crippen LogP contribution in [0.5, 0.6) is 0 Å². The molecule has 0 radical (unpaired) electrons. The highest BCUT2D eigenvalue weighted by atomic mass is 32.2. The molecule has 4 heterocycles. The summed E-state index contributed by atoms with van der Waals surface area (Å²) in [4.78, 5) is 27.6. The first kappa shape index (κ1) is 27.9. The molecule has 0 spiro atoms. The van der Waals surface area contributed by atoms with E-state index in [4.69, 9.17) is 0 Å². The predicted octanol–water partition coefficient (Wildman–Crippen LogP) is 6.07. The molecule has 0 aliphatic carbocycles. The van der Waals surface area contributed by atoms with Gasteiger partial charge in [0.25, 0.3) is 11.8 Å². The number of aromatic nitrogens is 3. The quantitative estimate of drug-likeness (QED) is 0.202. The number of thiophene rings is 2. The number of hydrogen-bond acceptors (Lipinski definition) is 8. The summed E-state index contributed by atoms with van der Waals surface area (Å²) in [5, 5.41) is 21.7. The number of carbonyl (C=O) groups excluding carboxylic acids is 2. The number of halogens is 2. The van der Waals surface area contributed by atoms with Crippen molar-refractivity contribution < 1.29 is 18.4 Å². The lowest BCUT2D eigenvalue weighted by Gasteiger charge is -2.22. The largest absolute Gasteiger partial charge is 0.344 e. The summed E-state index contributed by atoms with van der Waals surface area (Å²) in [6.45, 7) is 0.0723. The van der Waals surface area contributed by atoms with Crippen molar-refractivity contribution in [1.82, 2.24) is 25.1 Å². The molecule has 0 unspecified atom stereocenters. The highest BCUT2D eigenvalue weighted by Gasteiger charge is 2.33. The van der Waals surface area contributed by atoms with Crippen LogP contribution < -0.4 is 5.32 Å². The standard InChI is InChI=1S/C29H22F2N6O2S3/c30-19-7-5-18(6-8-19)23-15-22(24-3-1-13-40-24)35-37(23)27(38)17-42-29-34-33-26(16-32-28(39)25-4-2-14-41-25)36(29)21-11-9-20(31)10-12-21/h1-14,23H,15-17H2,(H,32,39)/t23-/m0/s1. The zero-order valence-electron chi connectivity index (χ0n) is 21.8. The molecular weight excluding hydrogens is 599 g/mol. The smallest absolute Gasteiger partial charge is 0.261 e. The number of hydrazone groups is 1.